The van der Waals surface area contributed by atoms with Crippen LogP contribution in [0, 0.1) is 5.41 Å². The van der Waals surface area contributed by atoms with Crippen molar-refractivity contribution in [1.82, 2.24) is 5.32 Å². The molecule has 0 atom stereocenters. The second kappa shape index (κ2) is 5.16. The summed E-state index contributed by atoms with van der Waals surface area (Å²) in [7, 11) is 3.81. The Morgan fingerprint density at radius 1 is 1.26 bits per heavy atom. The molecule has 2 rings (SSSR count). The molecular weight excluding hydrogens is 234 g/mol. The zero-order chi connectivity index (χ0) is 14.1. The number of hydrogen-bond donors (Lipinski definition) is 1. The van der Waals surface area contributed by atoms with Crippen molar-refractivity contribution in [1.29, 1.82) is 0 Å². The fourth-order valence-corrected chi connectivity index (χ4v) is 2.85. The van der Waals surface area contributed by atoms with Gasteiger partial charge in [-0.2, -0.15) is 0 Å². The van der Waals surface area contributed by atoms with Crippen molar-refractivity contribution in [2.45, 2.75) is 45.4 Å². The van der Waals surface area contributed by atoms with Crippen molar-refractivity contribution in [3.63, 3.8) is 0 Å². The number of hydrogen-bond acceptors (Lipinski definition) is 2. The molecular formula is C17H27NO. The van der Waals surface area contributed by atoms with Crippen LogP contribution in [-0.4, -0.2) is 20.7 Å². The summed E-state index contributed by atoms with van der Waals surface area (Å²) in [6.07, 6.45) is 3.89. The maximum absolute atomic E-state index is 5.51. The molecule has 106 valence electrons. The fraction of sp³-hybridized carbons (Fsp3) is 0.647. The molecule has 0 bridgehead atoms. The van der Waals surface area contributed by atoms with Crippen molar-refractivity contribution in [2.24, 2.45) is 5.41 Å². The van der Waals surface area contributed by atoms with Crippen LogP contribution in [0.4, 0.5) is 0 Å². The molecule has 1 fully saturated rings. The molecule has 1 aromatic carbocycles. The second-order valence-electron chi connectivity index (χ2n) is 6.99. The Kier molecular flexibility index (Phi) is 3.91. The highest BCUT2D eigenvalue weighted by Crippen LogP contribution is 2.48. The number of rotatable bonds is 5. The van der Waals surface area contributed by atoms with Crippen LogP contribution in [0.1, 0.15) is 44.7 Å². The van der Waals surface area contributed by atoms with E-state index in [-0.39, 0.29) is 5.41 Å². The van der Waals surface area contributed by atoms with Gasteiger partial charge in [0.2, 0.25) is 0 Å². The molecule has 0 aromatic heterocycles. The van der Waals surface area contributed by atoms with Gasteiger partial charge in [0.15, 0.2) is 0 Å². The van der Waals surface area contributed by atoms with Crippen LogP contribution in [0.15, 0.2) is 18.2 Å². The first-order valence-electron chi connectivity index (χ1n) is 7.22. The molecule has 1 aliphatic rings. The van der Waals surface area contributed by atoms with Crippen LogP contribution >= 0.6 is 0 Å². The molecule has 1 N–H and O–H groups in total. The predicted octanol–water partition coefficient (Wildman–Crippen LogP) is 3.53. The van der Waals surface area contributed by atoms with E-state index in [1.54, 1.807) is 7.11 Å². The van der Waals surface area contributed by atoms with Gasteiger partial charge in [-0.05, 0) is 54.3 Å². The minimum atomic E-state index is 0.126. The first-order chi connectivity index (χ1) is 8.90. The smallest absolute Gasteiger partial charge is 0.122 e. The Morgan fingerprint density at radius 3 is 2.42 bits per heavy atom. The third-order valence-electron chi connectivity index (χ3n) is 4.16. The van der Waals surface area contributed by atoms with Crippen LogP contribution in [0.5, 0.6) is 5.75 Å². The van der Waals surface area contributed by atoms with Gasteiger partial charge in [0.1, 0.15) is 5.75 Å². The summed E-state index contributed by atoms with van der Waals surface area (Å²) < 4.78 is 5.51. The lowest BCUT2D eigenvalue weighted by molar-refractivity contribution is 0.396. The van der Waals surface area contributed by atoms with Gasteiger partial charge in [-0.25, -0.2) is 0 Å². The topological polar surface area (TPSA) is 21.3 Å². The predicted molar refractivity (Wildman–Crippen MR) is 81.0 cm³/mol. The van der Waals surface area contributed by atoms with E-state index in [1.165, 1.54) is 30.4 Å². The van der Waals surface area contributed by atoms with E-state index in [0.717, 1.165) is 12.3 Å². The first-order valence-corrected chi connectivity index (χ1v) is 7.22. The third kappa shape index (κ3) is 3.30. The minimum Gasteiger partial charge on any atom is -0.496 e. The molecule has 19 heavy (non-hydrogen) atoms. The Balaban J connectivity index is 2.24. The SMILES string of the molecule is CNCC1(Cc2ccc(OC)c(C(C)(C)C)c2)CC1. The van der Waals surface area contributed by atoms with Gasteiger partial charge in [0, 0.05) is 6.54 Å². The average molecular weight is 261 g/mol. The van der Waals surface area contributed by atoms with Gasteiger partial charge in [-0.1, -0.05) is 32.9 Å². The van der Waals surface area contributed by atoms with Crippen LogP contribution in [-0.2, 0) is 11.8 Å². The van der Waals surface area contributed by atoms with E-state index in [9.17, 15) is 0 Å². The van der Waals surface area contributed by atoms with Gasteiger partial charge in [0.05, 0.1) is 7.11 Å². The molecule has 2 heteroatoms. The fourth-order valence-electron chi connectivity index (χ4n) is 2.85. The van der Waals surface area contributed by atoms with E-state index in [1.807, 2.05) is 0 Å². The maximum Gasteiger partial charge on any atom is 0.122 e. The number of benzene rings is 1. The van der Waals surface area contributed by atoms with Crippen LogP contribution in [0.2, 0.25) is 0 Å². The number of ether oxygens (including phenoxy) is 1. The van der Waals surface area contributed by atoms with Crippen molar-refractivity contribution in [3.8, 4) is 5.75 Å². The molecule has 1 aromatic rings. The normalized spacial score (nSPS) is 17.3. The molecule has 0 aliphatic heterocycles. The highest BCUT2D eigenvalue weighted by Gasteiger charge is 2.41. The second-order valence-corrected chi connectivity index (χ2v) is 6.99. The summed E-state index contributed by atoms with van der Waals surface area (Å²) in [6, 6.07) is 6.70. The van der Waals surface area contributed by atoms with Gasteiger partial charge >= 0.3 is 0 Å². The van der Waals surface area contributed by atoms with Crippen LogP contribution in [0.3, 0.4) is 0 Å². The lowest BCUT2D eigenvalue weighted by atomic mass is 9.84. The molecule has 0 amide bonds. The monoisotopic (exact) mass is 261 g/mol. The minimum absolute atomic E-state index is 0.126. The molecule has 0 radical (unpaired) electrons. The molecule has 0 heterocycles. The summed E-state index contributed by atoms with van der Waals surface area (Å²) in [4.78, 5) is 0. The average Bonchev–Trinajstić information content (AvgIpc) is 3.08. The van der Waals surface area contributed by atoms with Crippen LogP contribution in [0.25, 0.3) is 0 Å². The summed E-state index contributed by atoms with van der Waals surface area (Å²) in [6.45, 7) is 7.86. The Morgan fingerprint density at radius 2 is 1.95 bits per heavy atom. The van der Waals surface area contributed by atoms with Crippen LogP contribution < -0.4 is 10.1 Å². The maximum atomic E-state index is 5.51. The van der Waals surface area contributed by atoms with E-state index < -0.39 is 0 Å². The van der Waals surface area contributed by atoms with Crippen molar-refractivity contribution in [3.05, 3.63) is 29.3 Å². The Labute approximate surface area is 117 Å². The molecule has 1 saturated carbocycles. The van der Waals surface area contributed by atoms with Crippen molar-refractivity contribution in [2.75, 3.05) is 20.7 Å². The highest BCUT2D eigenvalue weighted by atomic mass is 16.5. The first kappa shape index (κ1) is 14.4. The molecule has 0 unspecified atom stereocenters. The van der Waals surface area contributed by atoms with Crippen molar-refractivity contribution < 1.29 is 4.74 Å². The zero-order valence-electron chi connectivity index (χ0n) is 13.0. The van der Waals surface area contributed by atoms with E-state index >= 15 is 0 Å². The third-order valence-corrected chi connectivity index (χ3v) is 4.16. The molecule has 2 nitrogen and oxygen atoms in total. The number of methoxy groups -OCH3 is 1. The molecule has 0 spiro atoms. The Bertz CT molecular complexity index is 441. The standard InChI is InChI=1S/C17H27NO/c1-16(2,3)14-10-13(6-7-15(14)19-5)11-17(8-9-17)12-18-4/h6-7,10,18H,8-9,11-12H2,1-5H3. The summed E-state index contributed by atoms with van der Waals surface area (Å²) in [5.74, 6) is 1.01. The summed E-state index contributed by atoms with van der Waals surface area (Å²) >= 11 is 0. The van der Waals surface area contributed by atoms with Gasteiger partial charge in [0.25, 0.3) is 0 Å². The molecule has 1 aliphatic carbocycles. The molecule has 0 saturated heterocycles. The summed E-state index contributed by atoms with van der Waals surface area (Å²) in [5, 5.41) is 3.33. The Hall–Kier alpha value is -1.02. The van der Waals surface area contributed by atoms with E-state index in [0.29, 0.717) is 5.41 Å². The largest absolute Gasteiger partial charge is 0.496 e. The van der Waals surface area contributed by atoms with Gasteiger partial charge in [-0.3, -0.25) is 0 Å². The van der Waals surface area contributed by atoms with Crippen molar-refractivity contribution >= 4 is 0 Å². The number of nitrogens with one attached hydrogen (secondary N) is 1. The van der Waals surface area contributed by atoms with Gasteiger partial charge in [-0.15, -0.1) is 0 Å². The highest BCUT2D eigenvalue weighted by molar-refractivity contribution is 5.42. The van der Waals surface area contributed by atoms with E-state index in [2.05, 4.69) is 51.3 Å². The quantitative estimate of drug-likeness (QED) is 0.875. The lowest BCUT2D eigenvalue weighted by Crippen LogP contribution is -2.22. The zero-order valence-corrected chi connectivity index (χ0v) is 13.0. The summed E-state index contributed by atoms with van der Waals surface area (Å²) in [5.41, 5.74) is 3.39. The lowest BCUT2D eigenvalue weighted by Gasteiger charge is -2.24. The van der Waals surface area contributed by atoms with E-state index in [4.69, 9.17) is 4.74 Å². The van der Waals surface area contributed by atoms with Gasteiger partial charge < -0.3 is 10.1 Å².